The molecular formula is C8H9BO3. The molecular weight excluding hydrogens is 155 g/mol. The van der Waals surface area contributed by atoms with Gasteiger partial charge in [0.1, 0.15) is 5.75 Å². The topological polar surface area (TPSA) is 49.7 Å². The van der Waals surface area contributed by atoms with Crippen LogP contribution in [0.2, 0.25) is 0 Å². The van der Waals surface area contributed by atoms with E-state index in [9.17, 15) is 0 Å². The van der Waals surface area contributed by atoms with Gasteiger partial charge in [0.05, 0.1) is 6.61 Å². The first kappa shape index (κ1) is 7.64. The van der Waals surface area contributed by atoms with E-state index in [1.807, 2.05) is 0 Å². The number of hydrogen-bond donors (Lipinski definition) is 2. The van der Waals surface area contributed by atoms with E-state index in [2.05, 4.69) is 18.2 Å². The Labute approximate surface area is 70.9 Å². The third-order valence-electron chi connectivity index (χ3n) is 2.22. The zero-order chi connectivity index (χ0) is 8.55. The Morgan fingerprint density at radius 3 is 2.67 bits per heavy atom. The van der Waals surface area contributed by atoms with E-state index < -0.39 is 7.69 Å². The lowest BCUT2D eigenvalue weighted by Gasteiger charge is -2.18. The standard InChI is InChI=1S/C8H6O.BH3O2/c1-2-8-6-3-5(1)7(6)4-9-8;2-1-3/h1-3,7H,4H2;1-3H. The maximum atomic E-state index is 7.12. The molecule has 0 aromatic heterocycles. The molecule has 2 N–H and O–H groups in total. The smallest absolute Gasteiger partial charge is 0.432 e. The summed E-state index contributed by atoms with van der Waals surface area (Å²) in [4.78, 5) is 0. The fourth-order valence-corrected chi connectivity index (χ4v) is 1.63. The average Bonchev–Trinajstić information content (AvgIpc) is 2.25. The first-order valence-corrected chi connectivity index (χ1v) is 3.85. The monoisotopic (exact) mass is 164 g/mol. The van der Waals surface area contributed by atoms with Crippen molar-refractivity contribution in [3.8, 4) is 5.75 Å². The quantitative estimate of drug-likeness (QED) is 0.520. The Kier molecular flexibility index (Phi) is 1.79. The molecule has 4 bridgehead atoms. The molecule has 0 amide bonds. The Hall–Kier alpha value is -0.995. The average molecular weight is 164 g/mol. The van der Waals surface area contributed by atoms with Crippen LogP contribution in [0.3, 0.4) is 0 Å². The molecule has 3 nitrogen and oxygen atoms in total. The molecule has 3 aliphatic rings. The molecule has 1 unspecified atom stereocenters. The van der Waals surface area contributed by atoms with E-state index in [0.717, 1.165) is 12.4 Å². The summed E-state index contributed by atoms with van der Waals surface area (Å²) in [5, 5.41) is 14.2. The normalized spacial score (nSPS) is 20.0. The summed E-state index contributed by atoms with van der Waals surface area (Å²) in [6.45, 7) is 0.892. The van der Waals surface area contributed by atoms with Crippen LogP contribution >= 0.6 is 0 Å². The minimum absolute atomic E-state index is 0.657. The van der Waals surface area contributed by atoms with Gasteiger partial charge in [-0.05, 0) is 11.6 Å². The van der Waals surface area contributed by atoms with Crippen molar-refractivity contribution >= 4 is 7.69 Å². The van der Waals surface area contributed by atoms with Crippen molar-refractivity contribution in [2.45, 2.75) is 5.92 Å². The van der Waals surface area contributed by atoms with Gasteiger partial charge in [0.2, 0.25) is 0 Å². The number of hydrogen-bond acceptors (Lipinski definition) is 3. The third-order valence-corrected chi connectivity index (χ3v) is 2.22. The van der Waals surface area contributed by atoms with E-state index in [0.29, 0.717) is 5.92 Å². The number of rotatable bonds is 0. The first-order chi connectivity index (χ1) is 5.86. The van der Waals surface area contributed by atoms with Crippen molar-refractivity contribution in [1.82, 2.24) is 0 Å². The third kappa shape index (κ3) is 0.923. The minimum Gasteiger partial charge on any atom is -0.492 e. The predicted molar refractivity (Wildman–Crippen MR) is 45.4 cm³/mol. The summed E-state index contributed by atoms with van der Waals surface area (Å²) in [7, 11) is -0.750. The second kappa shape index (κ2) is 2.81. The van der Waals surface area contributed by atoms with E-state index in [1.165, 1.54) is 11.1 Å². The summed E-state index contributed by atoms with van der Waals surface area (Å²) in [5.74, 6) is 1.76. The number of fused-ring (bicyclic) bond motifs is 1. The van der Waals surface area contributed by atoms with Gasteiger partial charge in [0, 0.05) is 11.5 Å². The van der Waals surface area contributed by atoms with Crippen molar-refractivity contribution in [2.75, 3.05) is 6.61 Å². The minimum atomic E-state index is -0.750. The summed E-state index contributed by atoms with van der Waals surface area (Å²) in [6.07, 6.45) is 0. The van der Waals surface area contributed by atoms with Gasteiger partial charge >= 0.3 is 7.69 Å². The molecule has 62 valence electrons. The van der Waals surface area contributed by atoms with E-state index >= 15 is 0 Å². The number of ether oxygens (including phenoxy) is 1. The van der Waals surface area contributed by atoms with Crippen LogP contribution in [0.1, 0.15) is 17.0 Å². The molecule has 0 radical (unpaired) electrons. The van der Waals surface area contributed by atoms with Gasteiger partial charge < -0.3 is 14.8 Å². The molecule has 0 saturated carbocycles. The van der Waals surface area contributed by atoms with Gasteiger partial charge in [-0.15, -0.1) is 0 Å². The summed E-state index contributed by atoms with van der Waals surface area (Å²) >= 11 is 0. The molecule has 0 spiro atoms. The van der Waals surface area contributed by atoms with Crippen molar-refractivity contribution in [3.05, 3.63) is 29.3 Å². The molecule has 1 aromatic rings. The molecule has 1 heterocycles. The van der Waals surface area contributed by atoms with Crippen molar-refractivity contribution in [1.29, 1.82) is 0 Å². The fraction of sp³-hybridized carbons (Fsp3) is 0.250. The van der Waals surface area contributed by atoms with Gasteiger partial charge in [-0.3, -0.25) is 0 Å². The van der Waals surface area contributed by atoms with Crippen molar-refractivity contribution in [3.63, 3.8) is 0 Å². The zero-order valence-electron chi connectivity index (χ0n) is 6.53. The fourth-order valence-electron chi connectivity index (χ4n) is 1.63. The highest BCUT2D eigenvalue weighted by atomic mass is 16.5. The molecule has 0 saturated heterocycles. The summed E-state index contributed by atoms with van der Waals surface area (Å²) in [5.41, 5.74) is 2.87. The zero-order valence-corrected chi connectivity index (χ0v) is 6.53. The molecule has 0 fully saturated rings. The van der Waals surface area contributed by atoms with Gasteiger partial charge in [-0.25, -0.2) is 0 Å². The van der Waals surface area contributed by atoms with Crippen LogP contribution in [0.4, 0.5) is 0 Å². The van der Waals surface area contributed by atoms with Crippen molar-refractivity contribution < 1.29 is 14.8 Å². The van der Waals surface area contributed by atoms with Crippen LogP contribution in [0.25, 0.3) is 0 Å². The molecule has 4 rings (SSSR count). The van der Waals surface area contributed by atoms with Crippen LogP contribution in [0, 0.1) is 0 Å². The number of benzene rings is 1. The molecule has 1 aromatic carbocycles. The lowest BCUT2D eigenvalue weighted by atomic mass is 9.82. The summed E-state index contributed by atoms with van der Waals surface area (Å²) in [6, 6.07) is 6.43. The maximum Gasteiger partial charge on any atom is 0.432 e. The Balaban J connectivity index is 0.000000169. The maximum absolute atomic E-state index is 7.12. The van der Waals surface area contributed by atoms with Crippen LogP contribution in [-0.2, 0) is 0 Å². The molecule has 1 aliphatic heterocycles. The predicted octanol–water partition coefficient (Wildman–Crippen LogP) is -0.238. The van der Waals surface area contributed by atoms with Gasteiger partial charge in [-0.2, -0.15) is 0 Å². The largest absolute Gasteiger partial charge is 0.492 e. The first-order valence-electron chi connectivity index (χ1n) is 3.85. The highest BCUT2D eigenvalue weighted by Crippen LogP contribution is 2.46. The lowest BCUT2D eigenvalue weighted by Crippen LogP contribution is -2.08. The van der Waals surface area contributed by atoms with Crippen LogP contribution in [-0.4, -0.2) is 24.3 Å². The van der Waals surface area contributed by atoms with E-state index in [-0.39, 0.29) is 0 Å². The second-order valence-electron chi connectivity index (χ2n) is 2.80. The molecule has 1 atom stereocenters. The van der Waals surface area contributed by atoms with Crippen molar-refractivity contribution in [2.24, 2.45) is 0 Å². The Bertz CT molecular complexity index is 291. The van der Waals surface area contributed by atoms with Gasteiger partial charge in [-0.1, -0.05) is 12.1 Å². The van der Waals surface area contributed by atoms with Crippen LogP contribution < -0.4 is 4.74 Å². The molecule has 2 aliphatic carbocycles. The van der Waals surface area contributed by atoms with Crippen LogP contribution in [0.5, 0.6) is 5.75 Å². The highest BCUT2D eigenvalue weighted by molar-refractivity contribution is 6.13. The van der Waals surface area contributed by atoms with Gasteiger partial charge in [0.25, 0.3) is 0 Å². The highest BCUT2D eigenvalue weighted by Gasteiger charge is 2.33. The van der Waals surface area contributed by atoms with E-state index in [4.69, 9.17) is 14.8 Å². The second-order valence-corrected chi connectivity index (χ2v) is 2.80. The SMILES string of the molecule is OBO.c1cc2c3cc1C3CO2. The van der Waals surface area contributed by atoms with E-state index in [1.54, 1.807) is 0 Å². The molecule has 12 heavy (non-hydrogen) atoms. The Morgan fingerprint density at radius 1 is 1.42 bits per heavy atom. The van der Waals surface area contributed by atoms with Crippen LogP contribution in [0.15, 0.2) is 18.2 Å². The van der Waals surface area contributed by atoms with Gasteiger partial charge in [0.15, 0.2) is 0 Å². The lowest BCUT2D eigenvalue weighted by molar-refractivity contribution is 0.345. The summed E-state index contributed by atoms with van der Waals surface area (Å²) < 4.78 is 5.37. The molecule has 4 heteroatoms. The Morgan fingerprint density at radius 2 is 2.17 bits per heavy atom.